The molecule has 2 aliphatic heterocycles. The number of hydrogen-bond acceptors (Lipinski definition) is 3. The van der Waals surface area contributed by atoms with Crippen molar-refractivity contribution in [3.8, 4) is 0 Å². The lowest BCUT2D eigenvalue weighted by molar-refractivity contribution is -0.124. The van der Waals surface area contributed by atoms with E-state index in [0.717, 1.165) is 55.0 Å². The molecule has 0 bridgehead atoms. The van der Waals surface area contributed by atoms with Crippen molar-refractivity contribution in [1.29, 1.82) is 0 Å². The number of nitrogens with zero attached hydrogens (tertiary/aromatic N) is 2. The molecule has 0 aromatic heterocycles. The van der Waals surface area contributed by atoms with E-state index in [4.69, 9.17) is 4.74 Å². The molecule has 2 atom stereocenters. The van der Waals surface area contributed by atoms with Gasteiger partial charge >= 0.3 is 0 Å². The fourth-order valence-electron chi connectivity index (χ4n) is 4.60. The molecule has 6 heteroatoms. The molecule has 0 aliphatic carbocycles. The van der Waals surface area contributed by atoms with Crippen LogP contribution in [0.2, 0.25) is 0 Å². The highest BCUT2D eigenvalue weighted by molar-refractivity contribution is 5.94. The van der Waals surface area contributed by atoms with Crippen LogP contribution in [0.5, 0.6) is 0 Å². The monoisotopic (exact) mass is 400 g/mol. The molecule has 160 valence electrons. The molecule has 2 saturated heterocycles. The number of amides is 1. The Kier molecular flexibility index (Phi) is 7.92. The number of guanidine groups is 1. The van der Waals surface area contributed by atoms with Crippen LogP contribution in [-0.2, 0) is 16.1 Å². The molecule has 6 nitrogen and oxygen atoms in total. The lowest BCUT2D eigenvalue weighted by Crippen LogP contribution is -2.40. The smallest absolute Gasteiger partial charge is 0.253 e. The second kappa shape index (κ2) is 10.6. The van der Waals surface area contributed by atoms with Crippen LogP contribution in [0, 0.1) is 11.8 Å². The van der Waals surface area contributed by atoms with Crippen LogP contribution < -0.4 is 10.6 Å². The van der Waals surface area contributed by atoms with Crippen molar-refractivity contribution in [3.63, 3.8) is 0 Å². The summed E-state index contributed by atoms with van der Waals surface area (Å²) in [6.07, 6.45) is 5.20. The van der Waals surface area contributed by atoms with Crippen LogP contribution in [0.1, 0.15) is 51.5 Å². The third-order valence-corrected chi connectivity index (χ3v) is 6.32. The third kappa shape index (κ3) is 5.72. The fourth-order valence-corrected chi connectivity index (χ4v) is 4.60. The van der Waals surface area contributed by atoms with E-state index >= 15 is 0 Å². The number of likely N-dealkylation sites (tertiary alicyclic amines) is 1. The van der Waals surface area contributed by atoms with Gasteiger partial charge in [-0.3, -0.25) is 9.79 Å². The number of ether oxygens (including phenoxy) is 1. The molecular formula is C23H36N4O2. The van der Waals surface area contributed by atoms with Crippen molar-refractivity contribution in [2.45, 2.75) is 58.6 Å². The average Bonchev–Trinajstić information content (AvgIpc) is 3.43. The molecule has 2 heterocycles. The van der Waals surface area contributed by atoms with Crippen LogP contribution in [0.4, 0.5) is 5.69 Å². The van der Waals surface area contributed by atoms with Gasteiger partial charge in [0.2, 0.25) is 0 Å². The molecule has 0 radical (unpaired) electrons. The minimum atomic E-state index is -0.311. The Bertz CT molecular complexity index is 696. The van der Waals surface area contributed by atoms with Gasteiger partial charge in [0.05, 0.1) is 0 Å². The zero-order valence-corrected chi connectivity index (χ0v) is 18.1. The van der Waals surface area contributed by atoms with Gasteiger partial charge in [-0.2, -0.15) is 0 Å². The number of rotatable bonds is 7. The topological polar surface area (TPSA) is 66.0 Å². The van der Waals surface area contributed by atoms with Gasteiger partial charge in [0.25, 0.3) is 5.91 Å². The van der Waals surface area contributed by atoms with E-state index in [1.54, 1.807) is 0 Å². The van der Waals surface area contributed by atoms with Gasteiger partial charge in [0, 0.05) is 39.0 Å². The number of nitrogens with one attached hydrogen (secondary N) is 2. The zero-order valence-electron chi connectivity index (χ0n) is 18.1. The molecule has 1 aromatic carbocycles. The van der Waals surface area contributed by atoms with Gasteiger partial charge in [0.1, 0.15) is 6.10 Å². The first-order chi connectivity index (χ1) is 14.1. The number of carbonyl (C=O) groups excluding carboxylic acids is 1. The highest BCUT2D eigenvalue weighted by atomic mass is 16.5. The molecule has 3 rings (SSSR count). The molecule has 2 fully saturated rings. The Morgan fingerprint density at radius 3 is 2.83 bits per heavy atom. The van der Waals surface area contributed by atoms with E-state index in [0.29, 0.717) is 13.2 Å². The molecule has 29 heavy (non-hydrogen) atoms. The predicted molar refractivity (Wildman–Crippen MR) is 118 cm³/mol. The molecule has 1 amide bonds. The molecule has 0 spiro atoms. The molecule has 2 aliphatic rings. The maximum atomic E-state index is 12.3. The van der Waals surface area contributed by atoms with E-state index in [1.165, 1.54) is 19.3 Å². The van der Waals surface area contributed by atoms with Crippen molar-refractivity contribution in [2.24, 2.45) is 16.8 Å². The second-order valence-corrected chi connectivity index (χ2v) is 8.16. The SMILES string of the molecule is CCC(CC)C1CCN(C(=NC)NCc2cccc(NC(=O)C3CCCO3)c2)C1. The van der Waals surface area contributed by atoms with E-state index in [1.807, 2.05) is 25.2 Å². The summed E-state index contributed by atoms with van der Waals surface area (Å²) in [5.74, 6) is 2.49. The lowest BCUT2D eigenvalue weighted by Gasteiger charge is -2.24. The summed E-state index contributed by atoms with van der Waals surface area (Å²) in [6, 6.07) is 7.98. The van der Waals surface area contributed by atoms with Gasteiger partial charge in [-0.05, 0) is 48.8 Å². The largest absolute Gasteiger partial charge is 0.368 e. The molecule has 2 N–H and O–H groups in total. The summed E-state index contributed by atoms with van der Waals surface area (Å²) in [5.41, 5.74) is 1.93. The maximum Gasteiger partial charge on any atom is 0.253 e. The summed E-state index contributed by atoms with van der Waals surface area (Å²) in [6.45, 7) is 8.11. The van der Waals surface area contributed by atoms with Crippen molar-refractivity contribution >= 4 is 17.6 Å². The van der Waals surface area contributed by atoms with E-state index in [9.17, 15) is 4.79 Å². The summed E-state index contributed by atoms with van der Waals surface area (Å²) in [5, 5.41) is 6.48. The standard InChI is InChI=1S/C23H36N4O2/c1-4-18(5-2)19-11-12-27(16-19)23(24-3)25-15-17-8-6-9-20(14-17)26-22(28)21-10-7-13-29-21/h6,8-9,14,18-19,21H,4-5,7,10-13,15-16H2,1-3H3,(H,24,25)(H,26,28). The first kappa shape index (κ1) is 21.6. The highest BCUT2D eigenvalue weighted by Crippen LogP contribution is 2.28. The molecular weight excluding hydrogens is 364 g/mol. The van der Waals surface area contributed by atoms with Gasteiger partial charge in [-0.15, -0.1) is 0 Å². The van der Waals surface area contributed by atoms with Crippen molar-refractivity contribution in [2.75, 3.05) is 32.1 Å². The summed E-state index contributed by atoms with van der Waals surface area (Å²) >= 11 is 0. The third-order valence-electron chi connectivity index (χ3n) is 6.32. The van der Waals surface area contributed by atoms with Crippen LogP contribution in [-0.4, -0.2) is 49.6 Å². The lowest BCUT2D eigenvalue weighted by atomic mass is 9.87. The number of benzene rings is 1. The Balaban J connectivity index is 1.53. The maximum absolute atomic E-state index is 12.3. The van der Waals surface area contributed by atoms with Crippen LogP contribution in [0.3, 0.4) is 0 Å². The minimum absolute atomic E-state index is 0.0482. The van der Waals surface area contributed by atoms with Crippen molar-refractivity contribution in [3.05, 3.63) is 29.8 Å². The number of anilines is 1. The quantitative estimate of drug-likeness (QED) is 0.542. The van der Waals surface area contributed by atoms with E-state index < -0.39 is 0 Å². The Hall–Kier alpha value is -2.08. The average molecular weight is 401 g/mol. The van der Waals surface area contributed by atoms with Crippen LogP contribution in [0.15, 0.2) is 29.3 Å². The Morgan fingerprint density at radius 2 is 2.14 bits per heavy atom. The van der Waals surface area contributed by atoms with Gasteiger partial charge in [0.15, 0.2) is 5.96 Å². The van der Waals surface area contributed by atoms with Crippen LogP contribution >= 0.6 is 0 Å². The van der Waals surface area contributed by atoms with Gasteiger partial charge < -0.3 is 20.3 Å². The highest BCUT2D eigenvalue weighted by Gasteiger charge is 2.29. The molecule has 1 aromatic rings. The number of hydrogen-bond donors (Lipinski definition) is 2. The first-order valence-corrected chi connectivity index (χ1v) is 11.1. The summed E-state index contributed by atoms with van der Waals surface area (Å²) in [4.78, 5) is 19.2. The Labute approximate surface area is 175 Å². The number of carbonyl (C=O) groups is 1. The van der Waals surface area contributed by atoms with E-state index in [2.05, 4.69) is 40.4 Å². The zero-order chi connectivity index (χ0) is 20.6. The minimum Gasteiger partial charge on any atom is -0.368 e. The fraction of sp³-hybridized carbons (Fsp3) is 0.652. The van der Waals surface area contributed by atoms with E-state index in [-0.39, 0.29) is 12.0 Å². The summed E-state index contributed by atoms with van der Waals surface area (Å²) < 4.78 is 5.46. The summed E-state index contributed by atoms with van der Waals surface area (Å²) in [7, 11) is 1.85. The first-order valence-electron chi connectivity index (χ1n) is 11.1. The predicted octanol–water partition coefficient (Wildman–Crippen LogP) is 3.64. The normalized spacial score (nSPS) is 22.3. The van der Waals surface area contributed by atoms with Crippen molar-refractivity contribution < 1.29 is 9.53 Å². The van der Waals surface area contributed by atoms with Crippen molar-refractivity contribution in [1.82, 2.24) is 10.2 Å². The Morgan fingerprint density at radius 1 is 1.31 bits per heavy atom. The van der Waals surface area contributed by atoms with Gasteiger partial charge in [-0.1, -0.05) is 38.8 Å². The van der Waals surface area contributed by atoms with Gasteiger partial charge in [-0.25, -0.2) is 0 Å². The second-order valence-electron chi connectivity index (χ2n) is 8.16. The number of aliphatic imine (C=N–C) groups is 1. The molecule has 0 saturated carbocycles. The van der Waals surface area contributed by atoms with Crippen LogP contribution in [0.25, 0.3) is 0 Å². The molecule has 2 unspecified atom stereocenters.